The average molecular weight is 287 g/mol. The van der Waals surface area contributed by atoms with Crippen LogP contribution in [0.1, 0.15) is 36.8 Å². The van der Waals surface area contributed by atoms with Gasteiger partial charge in [-0.05, 0) is 25.0 Å². The number of ether oxygens (including phenoxy) is 1. The highest BCUT2D eigenvalue weighted by Gasteiger charge is 2.28. The summed E-state index contributed by atoms with van der Waals surface area (Å²) >= 11 is 0. The number of hydrogen-bond acceptors (Lipinski definition) is 4. The van der Waals surface area contributed by atoms with Gasteiger partial charge in [-0.3, -0.25) is 4.79 Å². The molecular weight excluding hydrogens is 266 g/mol. The molecule has 0 aromatic heterocycles. The van der Waals surface area contributed by atoms with Crippen molar-refractivity contribution in [3.63, 3.8) is 0 Å². The van der Waals surface area contributed by atoms with Gasteiger partial charge in [0.15, 0.2) is 0 Å². The molecule has 21 heavy (non-hydrogen) atoms. The first-order valence-electron chi connectivity index (χ1n) is 7.25. The van der Waals surface area contributed by atoms with E-state index in [4.69, 9.17) is 15.7 Å². The fraction of sp³-hybridized carbons (Fsp3) is 0.500. The molecule has 0 aliphatic heterocycles. The molecule has 5 nitrogen and oxygen atoms in total. The molecule has 1 aliphatic carbocycles. The smallest absolute Gasteiger partial charge is 0.222 e. The predicted octanol–water partition coefficient (Wildman–Crippen LogP) is 1.70. The average Bonchev–Trinajstić information content (AvgIpc) is 2.52. The van der Waals surface area contributed by atoms with Crippen molar-refractivity contribution >= 4 is 5.91 Å². The molecule has 112 valence electrons. The number of nitrogens with zero attached hydrogens (tertiary/aromatic N) is 1. The van der Waals surface area contributed by atoms with Crippen molar-refractivity contribution in [3.8, 4) is 11.8 Å². The Bertz CT molecular complexity index is 551. The number of amides is 1. The maximum absolute atomic E-state index is 11.5. The highest BCUT2D eigenvalue weighted by atomic mass is 16.5. The Labute approximate surface area is 125 Å². The van der Waals surface area contributed by atoms with Crippen LogP contribution in [0.3, 0.4) is 0 Å². The van der Waals surface area contributed by atoms with Gasteiger partial charge < -0.3 is 15.8 Å². The predicted molar refractivity (Wildman–Crippen MR) is 79.5 cm³/mol. The molecule has 0 radical (unpaired) electrons. The van der Waals surface area contributed by atoms with Crippen molar-refractivity contribution < 1.29 is 9.53 Å². The minimum Gasteiger partial charge on any atom is -0.496 e. The highest BCUT2D eigenvalue weighted by molar-refractivity contribution is 5.77. The van der Waals surface area contributed by atoms with Crippen molar-refractivity contribution in [1.29, 1.82) is 5.26 Å². The van der Waals surface area contributed by atoms with Crippen LogP contribution in [-0.2, 0) is 11.3 Å². The molecule has 1 aliphatic rings. The molecule has 1 amide bonds. The van der Waals surface area contributed by atoms with Crippen LogP contribution < -0.4 is 15.8 Å². The SMILES string of the molecule is COc1cc(C#N)ccc1CN[C@H]1CCCC[C@@H]1C(N)=O. The lowest BCUT2D eigenvalue weighted by molar-refractivity contribution is -0.123. The molecule has 2 rings (SSSR count). The lowest BCUT2D eigenvalue weighted by Crippen LogP contribution is -2.44. The van der Waals surface area contributed by atoms with Crippen LogP contribution in [0.5, 0.6) is 5.75 Å². The molecule has 0 heterocycles. The van der Waals surface area contributed by atoms with Crippen LogP contribution in [0.2, 0.25) is 0 Å². The lowest BCUT2D eigenvalue weighted by Gasteiger charge is -2.30. The molecule has 1 aromatic rings. The summed E-state index contributed by atoms with van der Waals surface area (Å²) in [5, 5.41) is 12.3. The molecule has 0 saturated heterocycles. The maximum Gasteiger partial charge on any atom is 0.222 e. The zero-order chi connectivity index (χ0) is 15.2. The normalized spacial score (nSPS) is 21.5. The molecule has 1 aromatic carbocycles. The quantitative estimate of drug-likeness (QED) is 0.862. The van der Waals surface area contributed by atoms with E-state index in [1.807, 2.05) is 6.07 Å². The molecule has 0 spiro atoms. The number of benzene rings is 1. The zero-order valence-electron chi connectivity index (χ0n) is 12.3. The van der Waals surface area contributed by atoms with Gasteiger partial charge >= 0.3 is 0 Å². The van der Waals surface area contributed by atoms with Crippen LogP contribution in [0.15, 0.2) is 18.2 Å². The van der Waals surface area contributed by atoms with Crippen LogP contribution >= 0.6 is 0 Å². The standard InChI is InChI=1S/C16H21N3O2/c1-21-15-8-11(9-17)6-7-12(15)10-19-14-5-3-2-4-13(14)16(18)20/h6-8,13-14,19H,2-5,10H2,1H3,(H2,18,20)/t13-,14-/m0/s1. The number of carbonyl (C=O) groups is 1. The van der Waals surface area contributed by atoms with E-state index in [1.165, 1.54) is 0 Å². The van der Waals surface area contributed by atoms with Crippen LogP contribution in [-0.4, -0.2) is 19.1 Å². The monoisotopic (exact) mass is 287 g/mol. The van der Waals surface area contributed by atoms with Gasteiger partial charge in [0, 0.05) is 18.2 Å². The Balaban J connectivity index is 2.05. The summed E-state index contributed by atoms with van der Waals surface area (Å²) in [6.45, 7) is 0.601. The summed E-state index contributed by atoms with van der Waals surface area (Å²) in [5.74, 6) is 0.370. The number of nitrogens with one attached hydrogen (secondary N) is 1. The van der Waals surface area contributed by atoms with E-state index in [0.29, 0.717) is 17.9 Å². The summed E-state index contributed by atoms with van der Waals surface area (Å²) in [4.78, 5) is 11.5. The minimum absolute atomic E-state index is 0.0943. The van der Waals surface area contributed by atoms with Crippen LogP contribution in [0.4, 0.5) is 0 Å². The maximum atomic E-state index is 11.5. The summed E-state index contributed by atoms with van der Waals surface area (Å²) in [6, 6.07) is 7.59. The molecule has 3 N–H and O–H groups in total. The number of hydrogen-bond donors (Lipinski definition) is 2. The number of primary amides is 1. The number of carbonyl (C=O) groups excluding carboxylic acids is 1. The summed E-state index contributed by atoms with van der Waals surface area (Å²) < 4.78 is 5.32. The van der Waals surface area contributed by atoms with Gasteiger partial charge in [-0.15, -0.1) is 0 Å². The van der Waals surface area contributed by atoms with Gasteiger partial charge in [0.2, 0.25) is 5.91 Å². The third-order valence-corrected chi connectivity index (χ3v) is 4.10. The van der Waals surface area contributed by atoms with E-state index in [1.54, 1.807) is 19.2 Å². The Morgan fingerprint density at radius 1 is 1.48 bits per heavy atom. The number of methoxy groups -OCH3 is 1. The van der Waals surface area contributed by atoms with Crippen molar-refractivity contribution in [3.05, 3.63) is 29.3 Å². The molecule has 2 atom stereocenters. The van der Waals surface area contributed by atoms with E-state index in [0.717, 1.165) is 31.2 Å². The van der Waals surface area contributed by atoms with Gasteiger partial charge in [0.05, 0.1) is 24.7 Å². The number of nitrogens with two attached hydrogens (primary N) is 1. The van der Waals surface area contributed by atoms with Crippen molar-refractivity contribution in [2.24, 2.45) is 11.7 Å². The lowest BCUT2D eigenvalue weighted by atomic mass is 9.84. The van der Waals surface area contributed by atoms with Gasteiger partial charge in [-0.25, -0.2) is 0 Å². The number of nitriles is 1. The van der Waals surface area contributed by atoms with E-state index in [2.05, 4.69) is 11.4 Å². The Morgan fingerprint density at radius 3 is 2.90 bits per heavy atom. The molecule has 1 fully saturated rings. The zero-order valence-corrected chi connectivity index (χ0v) is 12.3. The first-order chi connectivity index (χ1) is 10.2. The minimum atomic E-state index is -0.223. The first kappa shape index (κ1) is 15.3. The van der Waals surface area contributed by atoms with Gasteiger partial charge in [0.25, 0.3) is 0 Å². The van der Waals surface area contributed by atoms with E-state index < -0.39 is 0 Å². The van der Waals surface area contributed by atoms with Crippen molar-refractivity contribution in [2.45, 2.75) is 38.3 Å². The fourth-order valence-electron chi connectivity index (χ4n) is 2.92. The molecule has 0 bridgehead atoms. The van der Waals surface area contributed by atoms with Crippen molar-refractivity contribution in [2.75, 3.05) is 7.11 Å². The molecular formula is C16H21N3O2. The Morgan fingerprint density at radius 2 is 2.24 bits per heavy atom. The Kier molecular flexibility index (Phi) is 5.18. The summed E-state index contributed by atoms with van der Waals surface area (Å²) in [6.07, 6.45) is 4.00. The summed E-state index contributed by atoms with van der Waals surface area (Å²) in [5.41, 5.74) is 7.03. The van der Waals surface area contributed by atoms with Crippen molar-refractivity contribution in [1.82, 2.24) is 5.32 Å². The number of rotatable bonds is 5. The second kappa shape index (κ2) is 7.09. The second-order valence-electron chi connectivity index (χ2n) is 5.42. The third kappa shape index (κ3) is 3.73. The molecule has 5 heteroatoms. The molecule has 1 saturated carbocycles. The van der Waals surface area contributed by atoms with E-state index >= 15 is 0 Å². The van der Waals surface area contributed by atoms with Crippen LogP contribution in [0.25, 0.3) is 0 Å². The Hall–Kier alpha value is -2.06. The van der Waals surface area contributed by atoms with E-state index in [9.17, 15) is 4.79 Å². The topological polar surface area (TPSA) is 88.1 Å². The summed E-state index contributed by atoms with van der Waals surface area (Å²) in [7, 11) is 1.59. The highest BCUT2D eigenvalue weighted by Crippen LogP contribution is 2.26. The van der Waals surface area contributed by atoms with Gasteiger partial charge in [0.1, 0.15) is 5.75 Å². The molecule has 0 unspecified atom stereocenters. The van der Waals surface area contributed by atoms with Gasteiger partial charge in [-0.2, -0.15) is 5.26 Å². The third-order valence-electron chi connectivity index (χ3n) is 4.10. The van der Waals surface area contributed by atoms with E-state index in [-0.39, 0.29) is 17.9 Å². The van der Waals surface area contributed by atoms with Crippen LogP contribution in [0, 0.1) is 17.2 Å². The first-order valence-corrected chi connectivity index (χ1v) is 7.25. The largest absolute Gasteiger partial charge is 0.496 e. The fourth-order valence-corrected chi connectivity index (χ4v) is 2.92. The van der Waals surface area contributed by atoms with Gasteiger partial charge in [-0.1, -0.05) is 18.9 Å². The second-order valence-corrected chi connectivity index (χ2v) is 5.42.